The summed E-state index contributed by atoms with van der Waals surface area (Å²) in [4.78, 5) is 13.5. The van der Waals surface area contributed by atoms with Crippen LogP contribution in [0.2, 0.25) is 5.02 Å². The van der Waals surface area contributed by atoms with Crippen LogP contribution in [0.1, 0.15) is 18.9 Å². The summed E-state index contributed by atoms with van der Waals surface area (Å²) in [7, 11) is 1.77. The molecule has 3 nitrogen and oxygen atoms in total. The SMILES string of the molecule is CC(O)CCN(C)C(=O)CSCc1ccc(Cl)cc1. The molecule has 0 aliphatic heterocycles. The highest BCUT2D eigenvalue weighted by molar-refractivity contribution is 7.99. The third-order valence-electron chi connectivity index (χ3n) is 2.72. The van der Waals surface area contributed by atoms with Crippen LogP contribution in [0, 0.1) is 0 Å². The number of carbonyl (C=O) groups excluding carboxylic acids is 1. The maximum absolute atomic E-state index is 11.8. The first-order valence-corrected chi connectivity index (χ1v) is 7.76. The van der Waals surface area contributed by atoms with Crippen LogP contribution < -0.4 is 0 Å². The van der Waals surface area contributed by atoms with Gasteiger partial charge in [-0.15, -0.1) is 11.8 Å². The summed E-state index contributed by atoms with van der Waals surface area (Å²) in [6, 6.07) is 7.65. The average molecular weight is 302 g/mol. The molecular formula is C14H20ClNO2S. The highest BCUT2D eigenvalue weighted by Gasteiger charge is 2.09. The van der Waals surface area contributed by atoms with Crippen molar-refractivity contribution in [1.29, 1.82) is 0 Å². The van der Waals surface area contributed by atoms with Crippen molar-refractivity contribution in [2.45, 2.75) is 25.2 Å². The summed E-state index contributed by atoms with van der Waals surface area (Å²) < 4.78 is 0. The van der Waals surface area contributed by atoms with Crippen LogP contribution in [0.3, 0.4) is 0 Å². The van der Waals surface area contributed by atoms with Crippen molar-refractivity contribution in [3.8, 4) is 0 Å². The first-order valence-electron chi connectivity index (χ1n) is 6.23. The second-order valence-corrected chi connectivity index (χ2v) is 5.99. The number of halogens is 1. The van der Waals surface area contributed by atoms with Gasteiger partial charge in [-0.25, -0.2) is 0 Å². The van der Waals surface area contributed by atoms with E-state index < -0.39 is 0 Å². The number of hydrogen-bond acceptors (Lipinski definition) is 3. The summed E-state index contributed by atoms with van der Waals surface area (Å²) >= 11 is 7.40. The fourth-order valence-electron chi connectivity index (χ4n) is 1.45. The van der Waals surface area contributed by atoms with Crippen LogP contribution in [0.15, 0.2) is 24.3 Å². The predicted molar refractivity (Wildman–Crippen MR) is 81.5 cm³/mol. The number of rotatable bonds is 7. The van der Waals surface area contributed by atoms with E-state index in [0.717, 1.165) is 16.3 Å². The number of benzene rings is 1. The first kappa shape index (κ1) is 16.3. The van der Waals surface area contributed by atoms with Crippen LogP contribution in [-0.4, -0.2) is 41.4 Å². The quantitative estimate of drug-likeness (QED) is 0.842. The molecule has 1 atom stereocenters. The molecule has 1 aromatic rings. The second-order valence-electron chi connectivity index (χ2n) is 4.57. The maximum atomic E-state index is 11.8. The lowest BCUT2D eigenvalue weighted by Gasteiger charge is -2.17. The van der Waals surface area contributed by atoms with Crippen molar-refractivity contribution in [3.05, 3.63) is 34.9 Å². The van der Waals surface area contributed by atoms with Crippen molar-refractivity contribution in [2.75, 3.05) is 19.3 Å². The van der Waals surface area contributed by atoms with Gasteiger partial charge < -0.3 is 10.0 Å². The Kier molecular flexibility index (Phi) is 7.28. The molecule has 0 fully saturated rings. The molecule has 19 heavy (non-hydrogen) atoms. The molecule has 0 saturated carbocycles. The standard InChI is InChI=1S/C14H20ClNO2S/c1-11(17)7-8-16(2)14(18)10-19-9-12-3-5-13(15)6-4-12/h3-6,11,17H,7-10H2,1-2H3. The van der Waals surface area contributed by atoms with Gasteiger partial charge in [-0.05, 0) is 31.0 Å². The first-order chi connectivity index (χ1) is 8.99. The Morgan fingerprint density at radius 2 is 2.05 bits per heavy atom. The lowest BCUT2D eigenvalue weighted by molar-refractivity contribution is -0.127. The van der Waals surface area contributed by atoms with E-state index in [1.807, 2.05) is 24.3 Å². The van der Waals surface area contributed by atoms with Gasteiger partial charge in [0.2, 0.25) is 5.91 Å². The Bertz CT molecular complexity index is 395. The second kappa shape index (κ2) is 8.46. The number of amides is 1. The Labute approximate surface area is 123 Å². The van der Waals surface area contributed by atoms with E-state index in [1.165, 1.54) is 0 Å². The Hall–Kier alpha value is -0.710. The Morgan fingerprint density at radius 1 is 1.42 bits per heavy atom. The number of aliphatic hydroxyl groups is 1. The summed E-state index contributed by atoms with van der Waals surface area (Å²) in [5.74, 6) is 1.35. The molecular weight excluding hydrogens is 282 g/mol. The van der Waals surface area contributed by atoms with Gasteiger partial charge in [-0.1, -0.05) is 23.7 Å². The zero-order valence-electron chi connectivity index (χ0n) is 11.3. The molecule has 1 aromatic carbocycles. The van der Waals surface area contributed by atoms with E-state index >= 15 is 0 Å². The zero-order valence-corrected chi connectivity index (χ0v) is 12.9. The molecule has 0 aliphatic carbocycles. The van der Waals surface area contributed by atoms with Gasteiger partial charge in [-0.3, -0.25) is 4.79 Å². The minimum atomic E-state index is -0.364. The van der Waals surface area contributed by atoms with E-state index in [0.29, 0.717) is 18.7 Å². The lowest BCUT2D eigenvalue weighted by Crippen LogP contribution is -2.30. The lowest BCUT2D eigenvalue weighted by atomic mass is 10.2. The van der Waals surface area contributed by atoms with Gasteiger partial charge in [0, 0.05) is 24.4 Å². The zero-order chi connectivity index (χ0) is 14.3. The molecule has 0 aliphatic rings. The van der Waals surface area contributed by atoms with Crippen LogP contribution >= 0.6 is 23.4 Å². The number of aliphatic hydroxyl groups excluding tert-OH is 1. The molecule has 1 amide bonds. The summed E-state index contributed by atoms with van der Waals surface area (Å²) in [6.45, 7) is 2.33. The minimum absolute atomic E-state index is 0.0969. The molecule has 0 heterocycles. The topological polar surface area (TPSA) is 40.5 Å². The third kappa shape index (κ3) is 6.85. The van der Waals surface area contributed by atoms with Gasteiger partial charge in [0.25, 0.3) is 0 Å². The number of carbonyl (C=O) groups is 1. The van der Waals surface area contributed by atoms with Crippen molar-refractivity contribution in [2.24, 2.45) is 0 Å². The van der Waals surface area contributed by atoms with Gasteiger partial charge in [-0.2, -0.15) is 0 Å². The highest BCUT2D eigenvalue weighted by atomic mass is 35.5. The maximum Gasteiger partial charge on any atom is 0.232 e. The number of nitrogens with zero attached hydrogens (tertiary/aromatic N) is 1. The van der Waals surface area contributed by atoms with E-state index in [1.54, 1.807) is 30.6 Å². The summed E-state index contributed by atoms with van der Waals surface area (Å²) in [6.07, 6.45) is 0.251. The van der Waals surface area contributed by atoms with Gasteiger partial charge in [0.1, 0.15) is 0 Å². The molecule has 1 N–H and O–H groups in total. The van der Waals surface area contributed by atoms with Crippen LogP contribution in [0.25, 0.3) is 0 Å². The van der Waals surface area contributed by atoms with Crippen molar-refractivity contribution in [1.82, 2.24) is 4.90 Å². The fraction of sp³-hybridized carbons (Fsp3) is 0.500. The molecule has 1 rings (SSSR count). The highest BCUT2D eigenvalue weighted by Crippen LogP contribution is 2.15. The van der Waals surface area contributed by atoms with E-state index in [-0.39, 0.29) is 12.0 Å². The van der Waals surface area contributed by atoms with Crippen molar-refractivity contribution >= 4 is 29.3 Å². The van der Waals surface area contributed by atoms with E-state index in [9.17, 15) is 9.90 Å². The normalized spacial score (nSPS) is 12.2. The molecule has 0 radical (unpaired) electrons. The molecule has 0 spiro atoms. The summed E-state index contributed by atoms with van der Waals surface area (Å²) in [5, 5.41) is 9.90. The van der Waals surface area contributed by atoms with Gasteiger partial charge >= 0.3 is 0 Å². The number of hydrogen-bond donors (Lipinski definition) is 1. The minimum Gasteiger partial charge on any atom is -0.393 e. The fourth-order valence-corrected chi connectivity index (χ4v) is 2.50. The van der Waals surface area contributed by atoms with Crippen molar-refractivity contribution in [3.63, 3.8) is 0 Å². The predicted octanol–water partition coefficient (Wildman–Crippen LogP) is 2.80. The monoisotopic (exact) mass is 301 g/mol. The Morgan fingerprint density at radius 3 is 2.63 bits per heavy atom. The van der Waals surface area contributed by atoms with Gasteiger partial charge in [0.05, 0.1) is 11.9 Å². The van der Waals surface area contributed by atoms with Gasteiger partial charge in [0.15, 0.2) is 0 Å². The molecule has 5 heteroatoms. The van der Waals surface area contributed by atoms with Crippen LogP contribution in [0.4, 0.5) is 0 Å². The number of thioether (sulfide) groups is 1. The largest absolute Gasteiger partial charge is 0.393 e. The Balaban J connectivity index is 2.24. The molecule has 0 aromatic heterocycles. The third-order valence-corrected chi connectivity index (χ3v) is 3.96. The van der Waals surface area contributed by atoms with Crippen molar-refractivity contribution < 1.29 is 9.90 Å². The van der Waals surface area contributed by atoms with E-state index in [2.05, 4.69) is 0 Å². The van der Waals surface area contributed by atoms with Crippen LogP contribution in [-0.2, 0) is 10.5 Å². The van der Waals surface area contributed by atoms with E-state index in [4.69, 9.17) is 11.6 Å². The average Bonchev–Trinajstić information content (AvgIpc) is 2.38. The molecule has 0 saturated heterocycles. The molecule has 106 valence electrons. The molecule has 0 bridgehead atoms. The smallest absolute Gasteiger partial charge is 0.232 e. The summed E-state index contributed by atoms with van der Waals surface area (Å²) in [5.41, 5.74) is 1.16. The molecule has 1 unspecified atom stereocenters. The van der Waals surface area contributed by atoms with Crippen LogP contribution in [0.5, 0.6) is 0 Å².